The second-order valence-corrected chi connectivity index (χ2v) is 7.54. The summed E-state index contributed by atoms with van der Waals surface area (Å²) < 4.78 is 38.0. The fourth-order valence-electron chi connectivity index (χ4n) is 2.61. The van der Waals surface area contributed by atoms with Gasteiger partial charge in [0, 0.05) is 13.2 Å². The zero-order chi connectivity index (χ0) is 17.0. The molecular formula is C18H30O4S. The van der Waals surface area contributed by atoms with Crippen LogP contribution in [0.1, 0.15) is 69.1 Å². The number of benzene rings is 1. The topological polar surface area (TPSA) is 63.6 Å². The first-order chi connectivity index (χ1) is 11.1. The molecule has 0 amide bonds. The molecule has 0 aliphatic heterocycles. The highest BCUT2D eigenvalue weighted by atomic mass is 32.2. The summed E-state index contributed by atoms with van der Waals surface area (Å²) in [6.45, 7) is 3.21. The van der Waals surface area contributed by atoms with E-state index in [1.165, 1.54) is 32.1 Å². The number of hydrogen-bond acceptors (Lipinski definition) is 3. The van der Waals surface area contributed by atoms with Gasteiger partial charge in [-0.1, -0.05) is 75.8 Å². The molecule has 0 saturated carbocycles. The molecule has 0 bridgehead atoms. The molecule has 0 saturated heterocycles. The van der Waals surface area contributed by atoms with Gasteiger partial charge < -0.3 is 4.74 Å². The van der Waals surface area contributed by atoms with E-state index < -0.39 is 15.4 Å². The van der Waals surface area contributed by atoms with Crippen molar-refractivity contribution in [2.75, 3.05) is 13.2 Å². The Bertz CT molecular complexity index is 499. The zero-order valence-corrected chi connectivity index (χ0v) is 14.9. The minimum atomic E-state index is -4.11. The first-order valence-electron chi connectivity index (χ1n) is 8.64. The summed E-state index contributed by atoms with van der Waals surface area (Å²) in [5.41, 5.74) is 0.606. The van der Waals surface area contributed by atoms with E-state index in [-0.39, 0.29) is 6.42 Å². The zero-order valence-electron chi connectivity index (χ0n) is 14.1. The van der Waals surface area contributed by atoms with Gasteiger partial charge >= 0.3 is 0 Å². The third-order valence-electron chi connectivity index (χ3n) is 3.95. The van der Waals surface area contributed by atoms with Crippen molar-refractivity contribution in [1.29, 1.82) is 0 Å². The van der Waals surface area contributed by atoms with Crippen molar-refractivity contribution >= 4 is 10.1 Å². The maximum Gasteiger partial charge on any atom is 0.272 e. The van der Waals surface area contributed by atoms with Gasteiger partial charge in [0.2, 0.25) is 0 Å². The Balaban J connectivity index is 2.20. The van der Waals surface area contributed by atoms with E-state index >= 15 is 0 Å². The number of hydrogen-bond donors (Lipinski definition) is 1. The predicted octanol–water partition coefficient (Wildman–Crippen LogP) is 4.77. The lowest BCUT2D eigenvalue weighted by molar-refractivity contribution is 0.126. The molecule has 0 aromatic heterocycles. The van der Waals surface area contributed by atoms with Crippen LogP contribution in [0.2, 0.25) is 0 Å². The van der Waals surface area contributed by atoms with E-state index in [9.17, 15) is 13.0 Å². The Kier molecular flexibility index (Phi) is 10.2. The molecule has 0 spiro atoms. The molecule has 1 atom stereocenters. The fourth-order valence-corrected chi connectivity index (χ4v) is 3.50. The predicted molar refractivity (Wildman–Crippen MR) is 94.2 cm³/mol. The minimum Gasteiger partial charge on any atom is -0.381 e. The quantitative estimate of drug-likeness (QED) is 0.414. The van der Waals surface area contributed by atoms with Crippen molar-refractivity contribution in [1.82, 2.24) is 0 Å². The molecule has 5 heteroatoms. The molecule has 0 fully saturated rings. The normalized spacial score (nSPS) is 13.1. The molecule has 132 valence electrons. The van der Waals surface area contributed by atoms with Crippen LogP contribution in [-0.2, 0) is 14.9 Å². The van der Waals surface area contributed by atoms with Crippen LogP contribution in [0.3, 0.4) is 0 Å². The molecule has 1 aromatic carbocycles. The van der Waals surface area contributed by atoms with Crippen LogP contribution in [0.4, 0.5) is 0 Å². The third-order valence-corrected chi connectivity index (χ3v) is 5.17. The summed E-state index contributed by atoms with van der Waals surface area (Å²) in [5.74, 6) is 0. The minimum absolute atomic E-state index is 0.277. The number of rotatable bonds is 13. The van der Waals surface area contributed by atoms with E-state index in [1.54, 1.807) is 24.3 Å². The summed E-state index contributed by atoms with van der Waals surface area (Å²) in [6, 6.07) is 8.80. The molecule has 0 heterocycles. The van der Waals surface area contributed by atoms with Crippen LogP contribution in [-0.4, -0.2) is 26.2 Å². The second kappa shape index (κ2) is 11.6. The van der Waals surface area contributed by atoms with Crippen molar-refractivity contribution in [3.8, 4) is 0 Å². The molecule has 1 N–H and O–H groups in total. The lowest BCUT2D eigenvalue weighted by Gasteiger charge is -2.14. The fraction of sp³-hybridized carbons (Fsp3) is 0.667. The Morgan fingerprint density at radius 3 is 2.17 bits per heavy atom. The molecule has 4 nitrogen and oxygen atoms in total. The average molecular weight is 343 g/mol. The largest absolute Gasteiger partial charge is 0.381 e. The maximum atomic E-state index is 11.5. The van der Waals surface area contributed by atoms with Gasteiger partial charge in [-0.15, -0.1) is 0 Å². The van der Waals surface area contributed by atoms with Crippen LogP contribution >= 0.6 is 0 Å². The molecule has 23 heavy (non-hydrogen) atoms. The van der Waals surface area contributed by atoms with Gasteiger partial charge in [-0.2, -0.15) is 8.42 Å². The van der Waals surface area contributed by atoms with E-state index in [2.05, 4.69) is 6.92 Å². The van der Waals surface area contributed by atoms with Crippen LogP contribution in [0.25, 0.3) is 0 Å². The molecule has 1 rings (SSSR count). The summed E-state index contributed by atoms with van der Waals surface area (Å²) in [5, 5.41) is -0.905. The van der Waals surface area contributed by atoms with E-state index in [0.717, 1.165) is 12.8 Å². The SMILES string of the molecule is CCCCCCCCCOCCC(c1ccccc1)S(=O)(=O)O. The van der Waals surface area contributed by atoms with Gasteiger partial charge in [0.05, 0.1) is 0 Å². The van der Waals surface area contributed by atoms with Crippen molar-refractivity contribution in [3.63, 3.8) is 0 Å². The van der Waals surface area contributed by atoms with E-state index in [1.807, 2.05) is 6.07 Å². The van der Waals surface area contributed by atoms with Crippen LogP contribution in [0, 0.1) is 0 Å². The van der Waals surface area contributed by atoms with Crippen LogP contribution in [0.5, 0.6) is 0 Å². The Labute approximate surface area is 141 Å². The lowest BCUT2D eigenvalue weighted by atomic mass is 10.1. The molecule has 1 aromatic rings. The lowest BCUT2D eigenvalue weighted by Crippen LogP contribution is -2.15. The van der Waals surface area contributed by atoms with Crippen molar-refractivity contribution < 1.29 is 17.7 Å². The average Bonchev–Trinajstić information content (AvgIpc) is 2.52. The monoisotopic (exact) mass is 342 g/mol. The molecular weight excluding hydrogens is 312 g/mol. The summed E-state index contributed by atoms with van der Waals surface area (Å²) in [7, 11) is -4.11. The number of unbranched alkanes of at least 4 members (excludes halogenated alkanes) is 6. The van der Waals surface area contributed by atoms with Gasteiger partial charge in [0.15, 0.2) is 0 Å². The van der Waals surface area contributed by atoms with Gasteiger partial charge in [0.1, 0.15) is 5.25 Å². The van der Waals surface area contributed by atoms with Gasteiger partial charge in [-0.05, 0) is 18.4 Å². The van der Waals surface area contributed by atoms with Crippen molar-refractivity contribution in [2.24, 2.45) is 0 Å². The highest BCUT2D eigenvalue weighted by Gasteiger charge is 2.24. The first-order valence-corrected chi connectivity index (χ1v) is 10.1. The molecule has 0 aliphatic rings. The smallest absolute Gasteiger partial charge is 0.272 e. The molecule has 1 unspecified atom stereocenters. The van der Waals surface area contributed by atoms with Crippen LogP contribution < -0.4 is 0 Å². The molecule has 0 radical (unpaired) electrons. The highest BCUT2D eigenvalue weighted by Crippen LogP contribution is 2.24. The second-order valence-electron chi connectivity index (χ2n) is 5.94. The summed E-state index contributed by atoms with van der Waals surface area (Å²) in [4.78, 5) is 0. The summed E-state index contributed by atoms with van der Waals surface area (Å²) >= 11 is 0. The van der Waals surface area contributed by atoms with E-state index in [4.69, 9.17) is 4.74 Å². The molecule has 0 aliphatic carbocycles. The van der Waals surface area contributed by atoms with Gasteiger partial charge in [-0.25, -0.2) is 0 Å². The van der Waals surface area contributed by atoms with Gasteiger partial charge in [-0.3, -0.25) is 4.55 Å². The van der Waals surface area contributed by atoms with Crippen molar-refractivity contribution in [3.05, 3.63) is 35.9 Å². The van der Waals surface area contributed by atoms with Crippen LogP contribution in [0.15, 0.2) is 30.3 Å². The first kappa shape index (κ1) is 20.1. The Hall–Kier alpha value is -0.910. The van der Waals surface area contributed by atoms with E-state index in [0.29, 0.717) is 18.8 Å². The van der Waals surface area contributed by atoms with Crippen molar-refractivity contribution in [2.45, 2.75) is 63.5 Å². The Morgan fingerprint density at radius 2 is 1.57 bits per heavy atom. The highest BCUT2D eigenvalue weighted by molar-refractivity contribution is 7.86. The maximum absolute atomic E-state index is 11.5. The van der Waals surface area contributed by atoms with Gasteiger partial charge in [0.25, 0.3) is 10.1 Å². The summed E-state index contributed by atoms with van der Waals surface area (Å²) in [6.07, 6.45) is 8.85. The number of ether oxygens (including phenoxy) is 1. The standard InChI is InChI=1S/C18H30O4S/c1-2-3-4-5-6-7-11-15-22-16-14-18(23(19,20)21)17-12-9-8-10-13-17/h8-10,12-13,18H,2-7,11,14-16H2,1H3,(H,19,20,21). The third kappa shape index (κ3) is 9.08. The Morgan fingerprint density at radius 1 is 0.957 bits per heavy atom.